The predicted molar refractivity (Wildman–Crippen MR) is 106 cm³/mol. The van der Waals surface area contributed by atoms with Crippen molar-refractivity contribution in [1.29, 1.82) is 0 Å². The lowest BCUT2D eigenvalue weighted by Gasteiger charge is -2.25. The normalized spacial score (nSPS) is 10.4. The van der Waals surface area contributed by atoms with Gasteiger partial charge in [0.15, 0.2) is 0 Å². The molecule has 0 aliphatic heterocycles. The molecular weight excluding hydrogens is 324 g/mol. The summed E-state index contributed by atoms with van der Waals surface area (Å²) in [5, 5.41) is 2.94. The number of nitrogens with one attached hydrogen (secondary N) is 1. The minimum Gasteiger partial charge on any atom is -0.356 e. The number of amides is 2. The van der Waals surface area contributed by atoms with Crippen LogP contribution in [0.1, 0.15) is 37.0 Å². The van der Waals surface area contributed by atoms with Crippen LogP contribution in [0.25, 0.3) is 0 Å². The summed E-state index contributed by atoms with van der Waals surface area (Å²) in [6.07, 6.45) is 1.96. The van der Waals surface area contributed by atoms with Crippen molar-refractivity contribution in [2.75, 3.05) is 18.0 Å². The molecule has 0 fully saturated rings. The van der Waals surface area contributed by atoms with Crippen molar-refractivity contribution in [2.24, 2.45) is 0 Å². The molecule has 26 heavy (non-hydrogen) atoms. The fourth-order valence-electron chi connectivity index (χ4n) is 3.11. The van der Waals surface area contributed by atoms with Crippen LogP contribution in [0.5, 0.6) is 0 Å². The van der Waals surface area contributed by atoms with Crippen molar-refractivity contribution < 1.29 is 9.59 Å². The van der Waals surface area contributed by atoms with Crippen molar-refractivity contribution in [1.82, 2.24) is 5.32 Å². The molecule has 0 aromatic heterocycles. The van der Waals surface area contributed by atoms with E-state index in [9.17, 15) is 9.59 Å². The number of anilines is 1. The Morgan fingerprint density at radius 1 is 1.04 bits per heavy atom. The van der Waals surface area contributed by atoms with Gasteiger partial charge >= 0.3 is 0 Å². The molecule has 4 heteroatoms. The highest BCUT2D eigenvalue weighted by Crippen LogP contribution is 2.26. The molecule has 0 atom stereocenters. The first-order chi connectivity index (χ1) is 12.5. The fraction of sp³-hybridized carbons (Fsp3) is 0.364. The zero-order valence-electron chi connectivity index (χ0n) is 15.9. The quantitative estimate of drug-likeness (QED) is 0.788. The van der Waals surface area contributed by atoms with Crippen LogP contribution in [-0.2, 0) is 22.4 Å². The van der Waals surface area contributed by atoms with E-state index in [2.05, 4.69) is 12.2 Å². The summed E-state index contributed by atoms with van der Waals surface area (Å²) in [6.45, 7) is 6.63. The van der Waals surface area contributed by atoms with E-state index >= 15 is 0 Å². The van der Waals surface area contributed by atoms with Crippen molar-refractivity contribution in [2.45, 2.75) is 40.0 Å². The van der Waals surface area contributed by atoms with E-state index in [4.69, 9.17) is 0 Å². The summed E-state index contributed by atoms with van der Waals surface area (Å²) in [5.41, 5.74) is 4.33. The van der Waals surface area contributed by atoms with Gasteiger partial charge in [0.2, 0.25) is 11.8 Å². The van der Waals surface area contributed by atoms with Crippen molar-refractivity contribution >= 4 is 17.5 Å². The second kappa shape index (κ2) is 9.76. The van der Waals surface area contributed by atoms with Gasteiger partial charge in [-0.2, -0.15) is 0 Å². The Morgan fingerprint density at radius 2 is 1.77 bits per heavy atom. The third kappa shape index (κ3) is 5.45. The van der Waals surface area contributed by atoms with Crippen LogP contribution in [0.15, 0.2) is 48.5 Å². The number of nitrogens with zero attached hydrogens (tertiary/aromatic N) is 1. The molecule has 4 nitrogen and oxygen atoms in total. The fourth-order valence-corrected chi connectivity index (χ4v) is 3.11. The number of rotatable bonds is 8. The van der Waals surface area contributed by atoms with E-state index in [1.807, 2.05) is 55.5 Å². The van der Waals surface area contributed by atoms with Gasteiger partial charge in [-0.1, -0.05) is 55.5 Å². The average molecular weight is 352 g/mol. The molecule has 2 rings (SSSR count). The maximum Gasteiger partial charge on any atom is 0.223 e. The van der Waals surface area contributed by atoms with Crippen LogP contribution in [0.4, 0.5) is 5.69 Å². The largest absolute Gasteiger partial charge is 0.356 e. The van der Waals surface area contributed by atoms with Gasteiger partial charge < -0.3 is 10.2 Å². The zero-order chi connectivity index (χ0) is 18.9. The molecule has 2 amide bonds. The molecule has 0 aliphatic carbocycles. The Balaban J connectivity index is 1.92. The number of benzene rings is 2. The highest BCUT2D eigenvalue weighted by molar-refractivity contribution is 5.94. The van der Waals surface area contributed by atoms with Gasteiger partial charge in [-0.05, 0) is 36.5 Å². The van der Waals surface area contributed by atoms with E-state index in [0.717, 1.165) is 29.7 Å². The highest BCUT2D eigenvalue weighted by Gasteiger charge is 2.18. The van der Waals surface area contributed by atoms with E-state index in [1.54, 1.807) is 11.8 Å². The number of carbonyl (C=O) groups is 2. The average Bonchev–Trinajstić information content (AvgIpc) is 2.63. The summed E-state index contributed by atoms with van der Waals surface area (Å²) < 4.78 is 0. The lowest BCUT2D eigenvalue weighted by Crippen LogP contribution is -2.35. The number of hydrogen-bond donors (Lipinski definition) is 1. The topological polar surface area (TPSA) is 49.4 Å². The molecule has 138 valence electrons. The van der Waals surface area contributed by atoms with Crippen LogP contribution >= 0.6 is 0 Å². The Hall–Kier alpha value is -2.62. The van der Waals surface area contributed by atoms with Crippen molar-refractivity contribution in [3.05, 3.63) is 65.2 Å². The first-order valence-corrected chi connectivity index (χ1v) is 9.20. The van der Waals surface area contributed by atoms with Gasteiger partial charge in [0.1, 0.15) is 0 Å². The first-order valence-electron chi connectivity index (χ1n) is 9.20. The van der Waals surface area contributed by atoms with Gasteiger partial charge in [-0.15, -0.1) is 0 Å². The summed E-state index contributed by atoms with van der Waals surface area (Å²) in [4.78, 5) is 26.1. The van der Waals surface area contributed by atoms with E-state index in [-0.39, 0.29) is 11.8 Å². The summed E-state index contributed by atoms with van der Waals surface area (Å²) in [5.74, 6) is -0.0649. The van der Waals surface area contributed by atoms with Gasteiger partial charge in [0, 0.05) is 32.1 Å². The maximum absolute atomic E-state index is 12.2. The van der Waals surface area contributed by atoms with Gasteiger partial charge in [0.05, 0.1) is 0 Å². The second-order valence-electron chi connectivity index (χ2n) is 6.44. The molecule has 0 heterocycles. The first kappa shape index (κ1) is 19.7. The highest BCUT2D eigenvalue weighted by atomic mass is 16.2. The maximum atomic E-state index is 12.2. The third-order valence-corrected chi connectivity index (χ3v) is 4.49. The van der Waals surface area contributed by atoms with Gasteiger partial charge in [-0.3, -0.25) is 9.59 Å². The molecule has 1 N–H and O–H groups in total. The number of aryl methyl sites for hydroxylation is 2. The van der Waals surface area contributed by atoms with Gasteiger partial charge in [-0.25, -0.2) is 0 Å². The molecule has 0 spiro atoms. The van der Waals surface area contributed by atoms with Crippen LogP contribution in [-0.4, -0.2) is 24.9 Å². The monoisotopic (exact) mass is 352 g/mol. The summed E-state index contributed by atoms with van der Waals surface area (Å²) in [6, 6.07) is 16.1. The molecule has 0 aliphatic rings. The van der Waals surface area contributed by atoms with E-state index in [0.29, 0.717) is 19.5 Å². The zero-order valence-corrected chi connectivity index (χ0v) is 15.9. The number of para-hydroxylation sites is 1. The molecule has 0 saturated carbocycles. The lowest BCUT2D eigenvalue weighted by molar-refractivity contribution is -0.121. The molecule has 0 saturated heterocycles. The smallest absolute Gasteiger partial charge is 0.223 e. The molecular formula is C22H28N2O2. The molecule has 2 aromatic carbocycles. The predicted octanol–water partition coefficient (Wildman–Crippen LogP) is 3.66. The van der Waals surface area contributed by atoms with Crippen molar-refractivity contribution in [3.63, 3.8) is 0 Å². The molecule has 0 radical (unpaired) electrons. The molecule has 2 aromatic rings. The van der Waals surface area contributed by atoms with Crippen LogP contribution in [0.2, 0.25) is 0 Å². The van der Waals surface area contributed by atoms with Crippen LogP contribution < -0.4 is 10.2 Å². The standard InChI is InChI=1S/C22H28N2O2/c1-4-20-12-8-9-17(2)22(20)24(18(3)25)16-14-21(26)23-15-13-19-10-6-5-7-11-19/h5-12H,4,13-16H2,1-3H3,(H,23,26). The third-order valence-electron chi connectivity index (χ3n) is 4.49. The SMILES string of the molecule is CCc1cccc(C)c1N(CCC(=O)NCCc1ccccc1)C(C)=O. The molecule has 0 unspecified atom stereocenters. The molecule has 0 bridgehead atoms. The summed E-state index contributed by atoms with van der Waals surface area (Å²) in [7, 11) is 0. The lowest BCUT2D eigenvalue weighted by atomic mass is 10.0. The van der Waals surface area contributed by atoms with Crippen LogP contribution in [0.3, 0.4) is 0 Å². The summed E-state index contributed by atoms with van der Waals surface area (Å²) >= 11 is 0. The minimum atomic E-state index is -0.0360. The Bertz CT molecular complexity index is 741. The Morgan fingerprint density at radius 3 is 2.42 bits per heavy atom. The van der Waals surface area contributed by atoms with E-state index in [1.165, 1.54) is 5.56 Å². The second-order valence-corrected chi connectivity index (χ2v) is 6.44. The minimum absolute atomic E-state index is 0.0289. The Kier molecular flexibility index (Phi) is 7.39. The number of hydrogen-bond acceptors (Lipinski definition) is 2. The number of carbonyl (C=O) groups excluding carboxylic acids is 2. The van der Waals surface area contributed by atoms with Crippen molar-refractivity contribution in [3.8, 4) is 0 Å². The van der Waals surface area contributed by atoms with Gasteiger partial charge in [0.25, 0.3) is 0 Å². The Labute approximate surface area is 156 Å². The van der Waals surface area contributed by atoms with E-state index < -0.39 is 0 Å². The van der Waals surface area contributed by atoms with Crippen LogP contribution in [0, 0.1) is 6.92 Å².